The normalized spacial score (nSPS) is 17.1. The summed E-state index contributed by atoms with van der Waals surface area (Å²) in [5, 5.41) is 3.67. The van der Waals surface area contributed by atoms with E-state index in [1.54, 1.807) is 25.1 Å². The third kappa shape index (κ3) is 7.59. The summed E-state index contributed by atoms with van der Waals surface area (Å²) in [6, 6.07) is 10.1. The van der Waals surface area contributed by atoms with E-state index in [0.717, 1.165) is 17.5 Å². The van der Waals surface area contributed by atoms with Gasteiger partial charge in [-0.1, -0.05) is 18.2 Å². The molecule has 0 unspecified atom stereocenters. The van der Waals surface area contributed by atoms with Gasteiger partial charge in [-0.05, 0) is 61.2 Å². The maximum Gasteiger partial charge on any atom is 0.573 e. The molecule has 11 nitrogen and oxygen atoms in total. The smallest absolute Gasteiger partial charge is 0.456 e. The maximum atomic E-state index is 13.1. The summed E-state index contributed by atoms with van der Waals surface area (Å²) < 4.78 is 73.9. The zero-order valence-corrected chi connectivity index (χ0v) is 24.3. The molecule has 1 N–H and O–H groups in total. The van der Waals surface area contributed by atoms with Gasteiger partial charge in [0.2, 0.25) is 10.0 Å². The topological polar surface area (TPSA) is 135 Å². The number of alkyl halides is 3. The van der Waals surface area contributed by atoms with Gasteiger partial charge in [0.1, 0.15) is 17.1 Å². The molecular formula is C28H29F3N4O7S. The molecule has 0 atom stereocenters. The third-order valence-corrected chi connectivity index (χ3v) is 8.63. The van der Waals surface area contributed by atoms with Gasteiger partial charge in [0, 0.05) is 43.7 Å². The number of amidine groups is 1. The van der Waals surface area contributed by atoms with Crippen molar-refractivity contribution in [1.29, 1.82) is 0 Å². The number of carbonyl (C=O) groups is 3. The van der Waals surface area contributed by atoms with Crippen molar-refractivity contribution >= 4 is 45.4 Å². The van der Waals surface area contributed by atoms with Crippen LogP contribution < -0.4 is 15.0 Å². The molecule has 15 heteroatoms. The fourth-order valence-electron chi connectivity index (χ4n) is 4.65. The Labute approximate surface area is 246 Å². The highest BCUT2D eigenvalue weighted by molar-refractivity contribution is 7.92. The van der Waals surface area contributed by atoms with E-state index in [2.05, 4.69) is 15.0 Å². The molecule has 4 rings (SSSR count). The first-order valence-electron chi connectivity index (χ1n) is 13.0. The predicted molar refractivity (Wildman–Crippen MR) is 151 cm³/mol. The number of likely N-dealkylation sites (N-methyl/N-ethyl adjacent to an activating group) is 1. The van der Waals surface area contributed by atoms with Crippen molar-refractivity contribution in [2.24, 2.45) is 4.99 Å². The molecule has 1 fully saturated rings. The summed E-state index contributed by atoms with van der Waals surface area (Å²) in [6.07, 6.45) is -3.28. The molecule has 1 saturated heterocycles. The fourth-order valence-corrected chi connectivity index (χ4v) is 5.83. The SMILES string of the molecule is CC(=O)OCC(=O)N(C)c1ccc(/C=C/S(=O)(=O)N2CCC3(CC2)N=C(c2cccc(OC(F)(F)F)c2)NC3=O)c(C)c1. The maximum absolute atomic E-state index is 13.1. The first-order chi connectivity index (χ1) is 20.1. The van der Waals surface area contributed by atoms with Crippen LogP contribution in [0.15, 0.2) is 52.9 Å². The molecule has 1 spiro atoms. The van der Waals surface area contributed by atoms with Gasteiger partial charge in [0.15, 0.2) is 6.61 Å². The Balaban J connectivity index is 1.41. The van der Waals surface area contributed by atoms with E-state index in [4.69, 9.17) is 4.74 Å². The molecule has 2 aromatic rings. The third-order valence-electron chi connectivity index (χ3n) is 7.06. The second-order valence-corrected chi connectivity index (χ2v) is 11.9. The molecule has 2 amide bonds. The molecule has 43 heavy (non-hydrogen) atoms. The van der Waals surface area contributed by atoms with E-state index in [9.17, 15) is 36.0 Å². The van der Waals surface area contributed by atoms with Gasteiger partial charge < -0.3 is 19.7 Å². The molecule has 2 heterocycles. The van der Waals surface area contributed by atoms with Crippen molar-refractivity contribution in [3.63, 3.8) is 0 Å². The number of sulfonamides is 1. The average molecular weight is 623 g/mol. The largest absolute Gasteiger partial charge is 0.573 e. The zero-order valence-electron chi connectivity index (χ0n) is 23.5. The van der Waals surface area contributed by atoms with Crippen molar-refractivity contribution in [2.75, 3.05) is 31.6 Å². The lowest BCUT2D eigenvalue weighted by Crippen LogP contribution is -2.50. The van der Waals surface area contributed by atoms with Crippen LogP contribution in [0, 0.1) is 6.92 Å². The number of ether oxygens (including phenoxy) is 2. The Hall–Kier alpha value is -4.24. The Morgan fingerprint density at radius 3 is 2.49 bits per heavy atom. The van der Waals surface area contributed by atoms with Crippen LogP contribution in [0.4, 0.5) is 18.9 Å². The number of hydrogen-bond donors (Lipinski definition) is 1. The number of aliphatic imine (C=N–C) groups is 1. The molecule has 2 aliphatic heterocycles. The molecular weight excluding hydrogens is 593 g/mol. The molecule has 230 valence electrons. The van der Waals surface area contributed by atoms with Crippen LogP contribution in [0.1, 0.15) is 36.5 Å². The number of esters is 1. The molecule has 0 aromatic heterocycles. The first kappa shape index (κ1) is 31.7. The predicted octanol–water partition coefficient (Wildman–Crippen LogP) is 3.13. The number of aryl methyl sites for hydroxylation is 1. The lowest BCUT2D eigenvalue weighted by Gasteiger charge is -2.34. The number of hydrogen-bond acceptors (Lipinski definition) is 8. The van der Waals surface area contributed by atoms with Crippen LogP contribution >= 0.6 is 0 Å². The number of nitrogens with zero attached hydrogens (tertiary/aromatic N) is 3. The Morgan fingerprint density at radius 1 is 1.16 bits per heavy atom. The summed E-state index contributed by atoms with van der Waals surface area (Å²) in [5.74, 6) is -1.83. The van der Waals surface area contributed by atoms with E-state index in [-0.39, 0.29) is 37.3 Å². The summed E-state index contributed by atoms with van der Waals surface area (Å²) in [5.41, 5.74) is 0.819. The molecule has 2 aliphatic rings. The highest BCUT2D eigenvalue weighted by atomic mass is 32.2. The summed E-state index contributed by atoms with van der Waals surface area (Å²) in [6.45, 7) is 2.56. The Bertz CT molecular complexity index is 1600. The van der Waals surface area contributed by atoms with Crippen LogP contribution in [-0.4, -0.2) is 75.0 Å². The van der Waals surface area contributed by atoms with Gasteiger partial charge in [-0.15, -0.1) is 13.2 Å². The van der Waals surface area contributed by atoms with Crippen molar-refractivity contribution in [3.8, 4) is 5.75 Å². The van der Waals surface area contributed by atoms with E-state index in [1.807, 2.05) is 0 Å². The molecule has 2 aromatic carbocycles. The number of piperidine rings is 1. The number of rotatable bonds is 8. The fraction of sp³-hybridized carbons (Fsp3) is 0.357. The quantitative estimate of drug-likeness (QED) is 0.447. The molecule has 0 bridgehead atoms. The molecule has 0 aliphatic carbocycles. The Morgan fingerprint density at radius 2 is 1.86 bits per heavy atom. The van der Waals surface area contributed by atoms with E-state index >= 15 is 0 Å². The zero-order chi connectivity index (χ0) is 31.6. The number of halogens is 3. The number of anilines is 1. The number of carbonyl (C=O) groups excluding carboxylic acids is 3. The monoisotopic (exact) mass is 622 g/mol. The lowest BCUT2D eigenvalue weighted by atomic mass is 9.89. The number of amides is 2. The van der Waals surface area contributed by atoms with Gasteiger partial charge in [-0.3, -0.25) is 19.4 Å². The summed E-state index contributed by atoms with van der Waals surface area (Å²) >= 11 is 0. The van der Waals surface area contributed by atoms with Crippen molar-refractivity contribution in [2.45, 2.75) is 38.6 Å². The first-order valence-corrected chi connectivity index (χ1v) is 14.6. The van der Waals surface area contributed by atoms with Crippen molar-refractivity contribution < 1.29 is 45.4 Å². The summed E-state index contributed by atoms with van der Waals surface area (Å²) in [4.78, 5) is 41.8. The van der Waals surface area contributed by atoms with Crippen LogP contribution in [-0.2, 0) is 29.1 Å². The second-order valence-electron chi connectivity index (χ2n) is 10.0. The lowest BCUT2D eigenvalue weighted by molar-refractivity contribution is -0.274. The van der Waals surface area contributed by atoms with E-state index in [0.29, 0.717) is 16.8 Å². The highest BCUT2D eigenvalue weighted by Gasteiger charge is 2.47. The standard InChI is InChI=1S/C28H29F3N4O7S/c1-18-15-22(34(3)24(37)17-41-19(2)36)8-7-20(18)9-14-43(39,40)35-12-10-27(11-13-35)26(38)32-25(33-27)21-5-4-6-23(16-21)42-28(29,30)31/h4-9,14-16H,10-13,17H2,1-3H3,(H,32,33,38)/b14-9+. The van der Waals surface area contributed by atoms with Gasteiger partial charge in [-0.25, -0.2) is 8.42 Å². The van der Waals surface area contributed by atoms with Crippen molar-refractivity contribution in [1.82, 2.24) is 9.62 Å². The van der Waals surface area contributed by atoms with Crippen molar-refractivity contribution in [3.05, 3.63) is 64.6 Å². The number of benzene rings is 2. The summed E-state index contributed by atoms with van der Waals surface area (Å²) in [7, 11) is -2.34. The minimum atomic E-state index is -4.88. The molecule has 0 saturated carbocycles. The van der Waals surface area contributed by atoms with Crippen LogP contribution in [0.5, 0.6) is 5.75 Å². The van der Waals surface area contributed by atoms with Gasteiger partial charge >= 0.3 is 12.3 Å². The van der Waals surface area contributed by atoms with E-state index in [1.165, 1.54) is 41.4 Å². The van der Waals surface area contributed by atoms with Crippen LogP contribution in [0.3, 0.4) is 0 Å². The van der Waals surface area contributed by atoms with Crippen LogP contribution in [0.2, 0.25) is 0 Å². The second kappa shape index (κ2) is 12.2. The van der Waals surface area contributed by atoms with E-state index < -0.39 is 52.1 Å². The minimum absolute atomic E-state index is 0.00125. The van der Waals surface area contributed by atoms with Gasteiger partial charge in [0.25, 0.3) is 11.8 Å². The van der Waals surface area contributed by atoms with Gasteiger partial charge in [0.05, 0.1) is 0 Å². The van der Waals surface area contributed by atoms with Gasteiger partial charge in [-0.2, -0.15) is 4.31 Å². The highest BCUT2D eigenvalue weighted by Crippen LogP contribution is 2.33. The van der Waals surface area contributed by atoms with Crippen LogP contribution in [0.25, 0.3) is 6.08 Å². The minimum Gasteiger partial charge on any atom is -0.456 e. The molecule has 0 radical (unpaired) electrons. The Kier molecular flexibility index (Phi) is 8.97. The number of nitrogens with one attached hydrogen (secondary N) is 1. The average Bonchev–Trinajstić information content (AvgIpc) is 3.25.